The van der Waals surface area contributed by atoms with Gasteiger partial charge in [-0.3, -0.25) is 4.90 Å². The van der Waals surface area contributed by atoms with E-state index in [9.17, 15) is 35.9 Å². The van der Waals surface area contributed by atoms with Crippen molar-refractivity contribution < 1.29 is 54.9 Å². The lowest BCUT2D eigenvalue weighted by molar-refractivity contribution is -0.0366. The number of alkyl halides is 6. The van der Waals surface area contributed by atoms with Gasteiger partial charge in [0, 0.05) is 87.0 Å². The average molecular weight is 959 g/mol. The Bertz CT molecular complexity index is 2190. The molecule has 8 rings (SSSR count). The van der Waals surface area contributed by atoms with Crippen molar-refractivity contribution in [1.82, 2.24) is 49.3 Å². The normalized spacial score (nSPS) is 18.6. The molecule has 2 saturated carbocycles. The highest BCUT2D eigenvalue weighted by Crippen LogP contribution is 2.36. The summed E-state index contributed by atoms with van der Waals surface area (Å²) >= 11 is 4.72. The summed E-state index contributed by atoms with van der Waals surface area (Å²) in [4.78, 5) is 42.5. The molecule has 0 radical (unpaired) electrons. The Kier molecular flexibility index (Phi) is 17.1. The van der Waals surface area contributed by atoms with Gasteiger partial charge in [-0.05, 0) is 58.7 Å². The number of amides is 1. The minimum Gasteiger partial charge on any atom is -0.471 e. The number of hydrogen-bond donors (Lipinski definition) is 2. The number of likely N-dealkylation sites (N-methyl/N-ethyl adjacent to an activating group) is 1. The predicted octanol–water partition coefficient (Wildman–Crippen LogP) is 7.54. The van der Waals surface area contributed by atoms with E-state index in [0.717, 1.165) is 13.1 Å². The lowest BCUT2D eigenvalue weighted by atomic mass is 9.92. The first kappa shape index (κ1) is 49.8. The number of nitrogens with zero attached hydrogens (tertiary/aromatic N) is 10. The number of anilines is 2. The van der Waals surface area contributed by atoms with Crippen LogP contribution in [-0.4, -0.2) is 143 Å². The van der Waals surface area contributed by atoms with Gasteiger partial charge in [0.1, 0.15) is 37.2 Å². The molecule has 1 amide bonds. The van der Waals surface area contributed by atoms with Crippen LogP contribution in [0, 0.1) is 0 Å². The zero-order chi connectivity index (χ0) is 47.4. The van der Waals surface area contributed by atoms with Crippen LogP contribution in [0.3, 0.4) is 0 Å². The number of nitrogens with one attached hydrogen (secondary N) is 2. The van der Waals surface area contributed by atoms with Crippen molar-refractivity contribution in [2.24, 2.45) is 0 Å². The first-order valence-corrected chi connectivity index (χ1v) is 21.9. The van der Waals surface area contributed by atoms with E-state index in [0.29, 0.717) is 69.5 Å². The van der Waals surface area contributed by atoms with E-state index in [4.69, 9.17) is 25.8 Å². The summed E-state index contributed by atoms with van der Waals surface area (Å²) in [5, 5.41) is 14.6. The summed E-state index contributed by atoms with van der Waals surface area (Å²) in [7, 11) is 2.00. The highest BCUT2D eigenvalue weighted by molar-refractivity contribution is 6.61. The summed E-state index contributed by atoms with van der Waals surface area (Å²) in [5.74, 6) is -3.30. The molecule has 0 unspecified atom stereocenters. The van der Waals surface area contributed by atoms with Crippen LogP contribution >= 0.6 is 11.6 Å². The third kappa shape index (κ3) is 14.7. The van der Waals surface area contributed by atoms with E-state index in [1.54, 1.807) is 38.2 Å². The zero-order valence-corrected chi connectivity index (χ0v) is 37.4. The van der Waals surface area contributed by atoms with Gasteiger partial charge in [0.15, 0.2) is 0 Å². The van der Waals surface area contributed by atoms with Crippen molar-refractivity contribution in [3.05, 3.63) is 48.0 Å². The molecule has 4 aliphatic rings. The number of likely N-dealkylation sites (tertiary alicyclic amines) is 2. The van der Waals surface area contributed by atoms with Gasteiger partial charge in [0.2, 0.25) is 23.6 Å². The number of rotatable bonds is 14. The second-order valence-corrected chi connectivity index (χ2v) is 16.4. The molecular weight excluding hydrogens is 906 g/mol. The molecule has 18 nitrogen and oxygen atoms in total. The predicted molar refractivity (Wildman–Crippen MR) is 227 cm³/mol. The Morgan fingerprint density at radius 3 is 1.47 bits per heavy atom. The number of ether oxygens (including phenoxy) is 4. The first-order valence-electron chi connectivity index (χ1n) is 21.6. The SMILES string of the molecule is CCOC(=O)Cl.CCOC(=O)N1CC(Oc2cc(NC3CCC(F)(F)CC3)nc(-n3ccc(CF)n3)n2)C1.CN1CC(Oc2cc(NC3CCC(F)(F)CC3)nc(-n3ccc(CF)n3)n2)C1. The Labute approximate surface area is 381 Å². The molecular formula is C41H53ClF6N12O6. The Morgan fingerprint density at radius 1 is 0.697 bits per heavy atom. The molecule has 6 heterocycles. The maximum atomic E-state index is 13.5. The average Bonchev–Trinajstić information content (AvgIpc) is 3.95. The molecule has 4 aromatic rings. The molecule has 66 heavy (non-hydrogen) atoms. The first-order chi connectivity index (χ1) is 31.5. The number of aromatic nitrogens is 8. The quantitative estimate of drug-likeness (QED) is 0.0931. The topological polar surface area (TPSA) is 189 Å². The van der Waals surface area contributed by atoms with Crippen LogP contribution < -0.4 is 20.1 Å². The number of halogens is 7. The van der Waals surface area contributed by atoms with Crippen LogP contribution in [0.25, 0.3) is 11.9 Å². The Morgan fingerprint density at radius 2 is 1.12 bits per heavy atom. The molecule has 362 valence electrons. The van der Waals surface area contributed by atoms with Crippen LogP contribution in [-0.2, 0) is 22.8 Å². The van der Waals surface area contributed by atoms with Gasteiger partial charge >= 0.3 is 11.5 Å². The summed E-state index contributed by atoms with van der Waals surface area (Å²) in [6.07, 6.45) is 3.18. The summed E-state index contributed by atoms with van der Waals surface area (Å²) in [6, 6.07) is 6.07. The smallest absolute Gasteiger partial charge is 0.410 e. The molecule has 0 bridgehead atoms. The maximum absolute atomic E-state index is 13.5. The van der Waals surface area contributed by atoms with E-state index in [-0.39, 0.29) is 79.1 Å². The van der Waals surface area contributed by atoms with Crippen molar-refractivity contribution in [1.29, 1.82) is 0 Å². The van der Waals surface area contributed by atoms with E-state index >= 15 is 0 Å². The van der Waals surface area contributed by atoms with Gasteiger partial charge < -0.3 is 34.5 Å². The van der Waals surface area contributed by atoms with E-state index in [2.05, 4.69) is 50.4 Å². The molecule has 0 atom stereocenters. The van der Waals surface area contributed by atoms with E-state index < -0.39 is 36.7 Å². The monoisotopic (exact) mass is 958 g/mol. The largest absolute Gasteiger partial charge is 0.471 e. The van der Waals surface area contributed by atoms with Gasteiger partial charge in [-0.1, -0.05) is 0 Å². The molecule has 2 aliphatic carbocycles. The molecule has 2 N–H and O–H groups in total. The van der Waals surface area contributed by atoms with Crippen LogP contribution in [0.15, 0.2) is 36.7 Å². The molecule has 4 fully saturated rings. The third-order valence-corrected chi connectivity index (χ3v) is 10.8. The van der Waals surface area contributed by atoms with Crippen molar-refractivity contribution in [3.8, 4) is 23.7 Å². The molecule has 0 spiro atoms. The lowest BCUT2D eigenvalue weighted by Crippen LogP contribution is -2.56. The van der Waals surface area contributed by atoms with E-state index in [1.807, 2.05) is 7.05 Å². The highest BCUT2D eigenvalue weighted by atomic mass is 35.5. The fraction of sp³-hybridized carbons (Fsp3) is 0.610. The second kappa shape index (κ2) is 22.7. The van der Waals surface area contributed by atoms with Crippen LogP contribution in [0.2, 0.25) is 0 Å². The van der Waals surface area contributed by atoms with E-state index in [1.165, 1.54) is 26.5 Å². The second-order valence-electron chi connectivity index (χ2n) is 16.1. The maximum Gasteiger partial charge on any atom is 0.410 e. The lowest BCUT2D eigenvalue weighted by Gasteiger charge is -2.37. The molecule has 0 aromatic carbocycles. The fourth-order valence-corrected chi connectivity index (χ4v) is 7.33. The fourth-order valence-electron chi connectivity index (χ4n) is 7.22. The van der Waals surface area contributed by atoms with Crippen molar-refractivity contribution in [2.45, 2.75) is 115 Å². The van der Waals surface area contributed by atoms with Gasteiger partial charge in [0.05, 0.1) is 37.7 Å². The molecule has 25 heteroatoms. The number of hydrogen-bond acceptors (Lipinski definition) is 15. The number of carbonyl (C=O) groups is 2. The molecule has 4 aromatic heterocycles. The Hall–Kier alpha value is -5.65. The zero-order valence-electron chi connectivity index (χ0n) is 36.7. The van der Waals surface area contributed by atoms with Crippen molar-refractivity contribution >= 4 is 34.8 Å². The molecule has 2 aliphatic heterocycles. The van der Waals surface area contributed by atoms with Crippen LogP contribution in [0.1, 0.15) is 76.6 Å². The minimum atomic E-state index is -2.63. The standard InChI is InChI=1S/C20H25F3N6O3.C18H23F3N6O.C3H5ClO2/c1-2-31-19(30)28-11-15(12-28)32-17-9-16(24-13-3-6-20(22,23)7-4-13)25-18(26-17)29-8-5-14(10-21)27-29;1-26-10-14(11-26)28-16-8-15(22-12-2-5-18(20,21)6-3-12)23-17(24-16)27-7-4-13(9-19)25-27;1-2-6-3(4)5/h5,8-9,13,15H,2-4,6-7,10-12H2,1H3,(H,24,25,26);4,7-8,12,14H,2-3,5-6,9-11H2,1H3,(H,22,23,24);2H2,1H3. The van der Waals surface area contributed by atoms with Gasteiger partial charge in [-0.15, -0.1) is 0 Å². The third-order valence-electron chi connectivity index (χ3n) is 10.7. The summed E-state index contributed by atoms with van der Waals surface area (Å²) in [5.41, 5.74) is -0.231. The number of carbonyl (C=O) groups excluding carboxylic acids is 2. The van der Waals surface area contributed by atoms with Gasteiger partial charge in [-0.25, -0.2) is 45.3 Å². The highest BCUT2D eigenvalue weighted by Gasteiger charge is 2.37. The Balaban J connectivity index is 0.000000196. The molecule has 2 saturated heterocycles. The summed E-state index contributed by atoms with van der Waals surface area (Å²) in [6.45, 7) is 4.97. The van der Waals surface area contributed by atoms with Crippen LogP contribution in [0.4, 0.5) is 47.6 Å². The minimum absolute atomic E-state index is 0.0352. The van der Waals surface area contributed by atoms with Crippen molar-refractivity contribution in [2.75, 3.05) is 57.1 Å². The van der Waals surface area contributed by atoms with Crippen molar-refractivity contribution in [3.63, 3.8) is 0 Å². The van der Waals surface area contributed by atoms with Gasteiger partial charge in [-0.2, -0.15) is 30.1 Å². The van der Waals surface area contributed by atoms with Crippen LogP contribution in [0.5, 0.6) is 11.8 Å². The summed E-state index contributed by atoms with van der Waals surface area (Å²) < 4.78 is 103. The van der Waals surface area contributed by atoms with Gasteiger partial charge in [0.25, 0.3) is 11.9 Å².